The van der Waals surface area contributed by atoms with Gasteiger partial charge in [-0.25, -0.2) is 0 Å². The highest BCUT2D eigenvalue weighted by Gasteiger charge is 2.58. The number of nitrogens with zero attached hydrogens (tertiary/aromatic N) is 1. The first kappa shape index (κ1) is 14.1. The van der Waals surface area contributed by atoms with Gasteiger partial charge in [0.2, 0.25) is 5.91 Å². The number of carbonyl (C=O) groups is 2. The van der Waals surface area contributed by atoms with Gasteiger partial charge in [0.15, 0.2) is 0 Å². The van der Waals surface area contributed by atoms with Gasteiger partial charge in [-0.1, -0.05) is 37.3 Å². The summed E-state index contributed by atoms with van der Waals surface area (Å²) in [6.07, 6.45) is 1.90. The fourth-order valence-electron chi connectivity index (χ4n) is 3.47. The highest BCUT2D eigenvalue weighted by Crippen LogP contribution is 2.48. The number of hydrogen-bond donors (Lipinski definition) is 1. The summed E-state index contributed by atoms with van der Waals surface area (Å²) >= 11 is 0. The zero-order valence-corrected chi connectivity index (χ0v) is 12.3. The molecule has 0 bridgehead atoms. The second-order valence-corrected chi connectivity index (χ2v) is 6.42. The molecule has 1 N–H and O–H groups in total. The number of carboxylic acid groups (broad SMARTS) is 1. The van der Waals surface area contributed by atoms with Crippen molar-refractivity contribution >= 4 is 11.9 Å². The topological polar surface area (TPSA) is 57.6 Å². The second kappa shape index (κ2) is 5.17. The Balaban J connectivity index is 1.69. The molecule has 2 aliphatic rings. The Kier molecular flexibility index (Phi) is 3.47. The first-order valence-electron chi connectivity index (χ1n) is 7.62. The highest BCUT2D eigenvalue weighted by atomic mass is 16.4. The van der Waals surface area contributed by atoms with Crippen LogP contribution in [0.4, 0.5) is 0 Å². The van der Waals surface area contributed by atoms with E-state index in [0.29, 0.717) is 37.8 Å². The molecule has 112 valence electrons. The number of carbonyl (C=O) groups excluding carboxylic acids is 1. The smallest absolute Gasteiger partial charge is 0.319 e. The average Bonchev–Trinajstić information content (AvgIpc) is 3.29. The summed E-state index contributed by atoms with van der Waals surface area (Å²) in [6.45, 7) is 3.47. The number of likely N-dealkylation sites (tertiary alicyclic amines) is 1. The van der Waals surface area contributed by atoms with Crippen LogP contribution >= 0.6 is 0 Å². The zero-order chi connectivity index (χ0) is 15.0. The van der Waals surface area contributed by atoms with Crippen molar-refractivity contribution in [3.63, 3.8) is 0 Å². The third-order valence-electron chi connectivity index (χ3n) is 4.99. The highest BCUT2D eigenvalue weighted by molar-refractivity contribution is 6.04. The van der Waals surface area contributed by atoms with E-state index in [1.165, 1.54) is 5.56 Å². The molecular weight excluding hydrogens is 266 g/mol. The van der Waals surface area contributed by atoms with Crippen LogP contribution in [0.15, 0.2) is 30.3 Å². The summed E-state index contributed by atoms with van der Waals surface area (Å²) < 4.78 is 0. The minimum atomic E-state index is -1.10. The van der Waals surface area contributed by atoms with Crippen LogP contribution in [-0.2, 0) is 9.59 Å². The standard InChI is InChI=1S/C17H21NO3/c1-12-11-18(15(19)17(8-9-17)16(20)21)10-7-14(12)13-5-3-2-4-6-13/h2-6,12,14H,7-11H2,1H3,(H,20,21)/t12-,14+/m1/s1. The molecule has 1 heterocycles. The Morgan fingerprint density at radius 3 is 2.43 bits per heavy atom. The number of amides is 1. The van der Waals surface area contributed by atoms with Gasteiger partial charge in [-0.2, -0.15) is 0 Å². The minimum Gasteiger partial charge on any atom is -0.480 e. The van der Waals surface area contributed by atoms with E-state index >= 15 is 0 Å². The van der Waals surface area contributed by atoms with E-state index in [2.05, 4.69) is 19.1 Å². The monoisotopic (exact) mass is 287 g/mol. The van der Waals surface area contributed by atoms with Crippen LogP contribution < -0.4 is 0 Å². The number of rotatable bonds is 3. The molecule has 1 aliphatic heterocycles. The van der Waals surface area contributed by atoms with Crippen molar-refractivity contribution in [1.82, 2.24) is 4.90 Å². The lowest BCUT2D eigenvalue weighted by Crippen LogP contribution is -2.47. The fourth-order valence-corrected chi connectivity index (χ4v) is 3.47. The van der Waals surface area contributed by atoms with Crippen LogP contribution in [-0.4, -0.2) is 35.0 Å². The molecule has 21 heavy (non-hydrogen) atoms. The maximum Gasteiger partial charge on any atom is 0.319 e. The Labute approximate surface area is 124 Å². The molecule has 0 spiro atoms. The Morgan fingerprint density at radius 2 is 1.90 bits per heavy atom. The predicted molar refractivity (Wildman–Crippen MR) is 78.8 cm³/mol. The molecule has 1 aromatic carbocycles. The van der Waals surface area contributed by atoms with Crippen LogP contribution in [0.25, 0.3) is 0 Å². The van der Waals surface area contributed by atoms with Crippen LogP contribution in [0, 0.1) is 11.3 Å². The minimum absolute atomic E-state index is 0.173. The first-order valence-corrected chi connectivity index (χ1v) is 7.62. The SMILES string of the molecule is C[C@@H]1CN(C(=O)C2(C(=O)O)CC2)CC[C@@H]1c1ccccc1. The van der Waals surface area contributed by atoms with Gasteiger partial charge in [0.1, 0.15) is 5.41 Å². The number of piperidine rings is 1. The zero-order valence-electron chi connectivity index (χ0n) is 12.3. The third kappa shape index (κ3) is 2.43. The molecular formula is C17H21NO3. The molecule has 1 aromatic rings. The molecule has 3 rings (SSSR count). The Morgan fingerprint density at radius 1 is 1.24 bits per heavy atom. The molecule has 0 radical (unpaired) electrons. The lowest BCUT2D eigenvalue weighted by Gasteiger charge is -2.38. The van der Waals surface area contributed by atoms with Crippen molar-refractivity contribution in [2.75, 3.05) is 13.1 Å². The molecule has 1 saturated carbocycles. The van der Waals surface area contributed by atoms with E-state index < -0.39 is 11.4 Å². The number of hydrogen-bond acceptors (Lipinski definition) is 2. The largest absolute Gasteiger partial charge is 0.480 e. The van der Waals surface area contributed by atoms with Crippen molar-refractivity contribution in [2.45, 2.75) is 32.1 Å². The normalized spacial score (nSPS) is 27.2. The van der Waals surface area contributed by atoms with Crippen LogP contribution in [0.5, 0.6) is 0 Å². The molecule has 0 unspecified atom stereocenters. The summed E-state index contributed by atoms with van der Waals surface area (Å²) in [5.74, 6) is -0.316. The van der Waals surface area contributed by atoms with Gasteiger partial charge in [-0.3, -0.25) is 9.59 Å². The molecule has 2 atom stereocenters. The number of benzene rings is 1. The lowest BCUT2D eigenvalue weighted by molar-refractivity contribution is -0.154. The molecule has 2 fully saturated rings. The van der Waals surface area contributed by atoms with E-state index in [1.807, 2.05) is 18.2 Å². The summed E-state index contributed by atoms with van der Waals surface area (Å²) in [5, 5.41) is 9.25. The van der Waals surface area contributed by atoms with Gasteiger partial charge < -0.3 is 10.0 Å². The van der Waals surface area contributed by atoms with Crippen molar-refractivity contribution in [1.29, 1.82) is 0 Å². The van der Waals surface area contributed by atoms with E-state index in [-0.39, 0.29) is 5.91 Å². The van der Waals surface area contributed by atoms with E-state index in [1.54, 1.807) is 4.90 Å². The van der Waals surface area contributed by atoms with Gasteiger partial charge >= 0.3 is 5.97 Å². The van der Waals surface area contributed by atoms with Gasteiger partial charge in [0.25, 0.3) is 0 Å². The van der Waals surface area contributed by atoms with E-state index in [0.717, 1.165) is 6.42 Å². The van der Waals surface area contributed by atoms with E-state index in [9.17, 15) is 14.7 Å². The van der Waals surface area contributed by atoms with Crippen LogP contribution in [0.3, 0.4) is 0 Å². The summed E-state index contributed by atoms with van der Waals surface area (Å²) in [4.78, 5) is 25.5. The number of carboxylic acids is 1. The Hall–Kier alpha value is -1.84. The van der Waals surface area contributed by atoms with Gasteiger partial charge in [-0.05, 0) is 36.7 Å². The molecule has 1 saturated heterocycles. The third-order valence-corrected chi connectivity index (χ3v) is 4.99. The molecule has 1 aliphatic carbocycles. The van der Waals surface area contributed by atoms with Crippen molar-refractivity contribution < 1.29 is 14.7 Å². The van der Waals surface area contributed by atoms with Gasteiger partial charge in [-0.15, -0.1) is 0 Å². The summed E-state index contributed by atoms with van der Waals surface area (Å²) in [6, 6.07) is 10.4. The quantitative estimate of drug-likeness (QED) is 0.869. The Bertz CT molecular complexity index is 550. The maximum absolute atomic E-state index is 12.5. The maximum atomic E-state index is 12.5. The van der Waals surface area contributed by atoms with Crippen molar-refractivity contribution in [3.05, 3.63) is 35.9 Å². The summed E-state index contributed by atoms with van der Waals surface area (Å²) in [5.41, 5.74) is 0.218. The van der Waals surface area contributed by atoms with Crippen LogP contribution in [0.1, 0.15) is 37.7 Å². The molecule has 4 heteroatoms. The van der Waals surface area contributed by atoms with Gasteiger partial charge in [0.05, 0.1) is 0 Å². The van der Waals surface area contributed by atoms with E-state index in [4.69, 9.17) is 0 Å². The molecule has 1 amide bonds. The molecule has 0 aromatic heterocycles. The average molecular weight is 287 g/mol. The number of aliphatic carboxylic acids is 1. The van der Waals surface area contributed by atoms with Gasteiger partial charge in [0, 0.05) is 13.1 Å². The van der Waals surface area contributed by atoms with Crippen molar-refractivity contribution in [3.8, 4) is 0 Å². The lowest BCUT2D eigenvalue weighted by atomic mass is 9.81. The second-order valence-electron chi connectivity index (χ2n) is 6.42. The summed E-state index contributed by atoms with van der Waals surface area (Å²) in [7, 11) is 0. The molecule has 4 nitrogen and oxygen atoms in total. The first-order chi connectivity index (χ1) is 10.0. The van der Waals surface area contributed by atoms with Crippen molar-refractivity contribution in [2.24, 2.45) is 11.3 Å². The van der Waals surface area contributed by atoms with Crippen LogP contribution in [0.2, 0.25) is 0 Å². The fraction of sp³-hybridized carbons (Fsp3) is 0.529. The predicted octanol–water partition coefficient (Wildman–Crippen LogP) is 2.50.